The summed E-state index contributed by atoms with van der Waals surface area (Å²) in [4.78, 5) is 22.3. The lowest BCUT2D eigenvalue weighted by Gasteiger charge is -2.15. The number of anilines is 1. The molecule has 1 amide bonds. The lowest BCUT2D eigenvalue weighted by atomic mass is 10.1. The minimum Gasteiger partial charge on any atom is -0.496 e. The molecular formula is C17H18BrN3O4. The number of nitrogens with one attached hydrogen (secondary N) is 2. The Balaban J connectivity index is 1.92. The van der Waals surface area contributed by atoms with E-state index in [1.54, 1.807) is 13.2 Å². The number of hydrogen-bond donors (Lipinski definition) is 2. The number of benzene rings is 2. The number of non-ortho nitro benzene ring substituents is 1. The molecule has 0 unspecified atom stereocenters. The fourth-order valence-electron chi connectivity index (χ4n) is 2.22. The second-order valence-corrected chi connectivity index (χ2v) is 6.21. The van der Waals surface area contributed by atoms with Crippen LogP contribution in [-0.4, -0.2) is 24.5 Å². The van der Waals surface area contributed by atoms with Crippen LogP contribution in [0, 0.1) is 10.1 Å². The first-order chi connectivity index (χ1) is 11.9. The van der Waals surface area contributed by atoms with Crippen molar-refractivity contribution in [3.8, 4) is 5.75 Å². The number of carbonyl (C=O) groups excluding carboxylic acids is 1. The molecule has 1 atom stereocenters. The molecule has 0 spiro atoms. The van der Waals surface area contributed by atoms with Gasteiger partial charge in [0.15, 0.2) is 0 Å². The van der Waals surface area contributed by atoms with Crippen LogP contribution in [0.15, 0.2) is 46.9 Å². The summed E-state index contributed by atoms with van der Waals surface area (Å²) in [6.45, 7) is 2.02. The highest BCUT2D eigenvalue weighted by Crippen LogP contribution is 2.27. The van der Waals surface area contributed by atoms with Crippen LogP contribution in [0.25, 0.3) is 0 Å². The predicted octanol–water partition coefficient (Wildman–Crippen LogP) is 3.66. The van der Waals surface area contributed by atoms with E-state index in [2.05, 4.69) is 26.6 Å². The van der Waals surface area contributed by atoms with Gasteiger partial charge in [0, 0.05) is 23.9 Å². The Morgan fingerprint density at radius 2 is 2.08 bits per heavy atom. The molecule has 0 aromatic heterocycles. The maximum Gasteiger partial charge on any atom is 0.271 e. The predicted molar refractivity (Wildman–Crippen MR) is 98.8 cm³/mol. The molecule has 2 aromatic carbocycles. The van der Waals surface area contributed by atoms with Crippen LogP contribution >= 0.6 is 15.9 Å². The first kappa shape index (κ1) is 18.9. The summed E-state index contributed by atoms with van der Waals surface area (Å²) >= 11 is 3.43. The van der Waals surface area contributed by atoms with Crippen LogP contribution in [0.3, 0.4) is 0 Å². The van der Waals surface area contributed by atoms with Gasteiger partial charge >= 0.3 is 0 Å². The fourth-order valence-corrected chi connectivity index (χ4v) is 2.78. The molecule has 0 saturated carbocycles. The van der Waals surface area contributed by atoms with E-state index in [0.29, 0.717) is 5.69 Å². The van der Waals surface area contributed by atoms with Gasteiger partial charge in [0.2, 0.25) is 5.91 Å². The molecule has 0 aliphatic heterocycles. The van der Waals surface area contributed by atoms with Crippen molar-refractivity contribution in [3.05, 3.63) is 62.6 Å². The number of methoxy groups -OCH3 is 1. The molecule has 132 valence electrons. The van der Waals surface area contributed by atoms with Crippen molar-refractivity contribution < 1.29 is 14.5 Å². The van der Waals surface area contributed by atoms with Crippen LogP contribution in [0.4, 0.5) is 11.4 Å². The number of nitrogens with zero attached hydrogens (tertiary/aromatic N) is 1. The number of amides is 1. The van der Waals surface area contributed by atoms with Gasteiger partial charge < -0.3 is 15.4 Å². The summed E-state index contributed by atoms with van der Waals surface area (Å²) in [6.07, 6.45) is 0. The van der Waals surface area contributed by atoms with Crippen LogP contribution in [0.1, 0.15) is 18.5 Å². The zero-order valence-electron chi connectivity index (χ0n) is 13.8. The minimum atomic E-state index is -0.502. The van der Waals surface area contributed by atoms with Gasteiger partial charge in [-0.15, -0.1) is 0 Å². The van der Waals surface area contributed by atoms with Gasteiger partial charge in [-0.1, -0.05) is 12.1 Å². The quantitative estimate of drug-likeness (QED) is 0.539. The van der Waals surface area contributed by atoms with Gasteiger partial charge in [-0.25, -0.2) is 0 Å². The number of carbonyl (C=O) groups is 1. The summed E-state index contributed by atoms with van der Waals surface area (Å²) in [6, 6.07) is 11.5. The van der Waals surface area contributed by atoms with Gasteiger partial charge in [-0.2, -0.15) is 0 Å². The third-order valence-corrected chi connectivity index (χ3v) is 4.21. The molecule has 0 fully saturated rings. The zero-order valence-corrected chi connectivity index (χ0v) is 15.4. The highest BCUT2D eigenvalue weighted by Gasteiger charge is 2.11. The number of ether oxygens (including phenoxy) is 1. The van der Waals surface area contributed by atoms with Crippen molar-refractivity contribution in [2.24, 2.45) is 0 Å². The van der Waals surface area contributed by atoms with Crippen molar-refractivity contribution >= 4 is 33.2 Å². The molecule has 0 radical (unpaired) electrons. The summed E-state index contributed by atoms with van der Waals surface area (Å²) in [5.41, 5.74) is 1.32. The monoisotopic (exact) mass is 407 g/mol. The van der Waals surface area contributed by atoms with Gasteiger partial charge in [0.05, 0.1) is 23.1 Å². The Labute approximate surface area is 153 Å². The molecule has 0 aliphatic carbocycles. The third-order valence-electron chi connectivity index (χ3n) is 3.59. The molecule has 2 N–H and O–H groups in total. The van der Waals surface area contributed by atoms with E-state index in [1.807, 2.05) is 25.1 Å². The van der Waals surface area contributed by atoms with E-state index in [9.17, 15) is 14.9 Å². The average Bonchev–Trinajstić information content (AvgIpc) is 2.59. The molecule has 0 aliphatic rings. The standard InChI is InChI=1S/C17H18BrN3O4/c1-11(12-6-7-16(25-2)15(18)8-12)19-10-17(22)20-13-4-3-5-14(9-13)21(23)24/h3-9,11,19H,10H2,1-2H3,(H,20,22)/t11-/m1/s1. The fraction of sp³-hybridized carbons (Fsp3) is 0.235. The van der Waals surface area contributed by atoms with Crippen molar-refractivity contribution in [2.75, 3.05) is 19.0 Å². The van der Waals surface area contributed by atoms with Crippen molar-refractivity contribution in [3.63, 3.8) is 0 Å². The Hall–Kier alpha value is -2.45. The van der Waals surface area contributed by atoms with Gasteiger partial charge in [-0.05, 0) is 46.6 Å². The first-order valence-corrected chi connectivity index (χ1v) is 8.31. The Bertz CT molecular complexity index is 782. The van der Waals surface area contributed by atoms with Crippen molar-refractivity contribution in [1.82, 2.24) is 5.32 Å². The minimum absolute atomic E-state index is 0.0573. The Kier molecular flexibility index (Phi) is 6.49. The normalized spacial score (nSPS) is 11.6. The van der Waals surface area contributed by atoms with Gasteiger partial charge in [-0.3, -0.25) is 14.9 Å². The van der Waals surface area contributed by atoms with Crippen LogP contribution in [-0.2, 0) is 4.79 Å². The SMILES string of the molecule is COc1ccc([C@@H](C)NCC(=O)Nc2cccc([N+](=O)[O-])c2)cc1Br. The van der Waals surface area contributed by atoms with Crippen molar-refractivity contribution in [2.45, 2.75) is 13.0 Å². The lowest BCUT2D eigenvalue weighted by molar-refractivity contribution is -0.384. The van der Waals surface area contributed by atoms with E-state index in [4.69, 9.17) is 4.74 Å². The Morgan fingerprint density at radius 3 is 2.72 bits per heavy atom. The smallest absolute Gasteiger partial charge is 0.271 e. The number of nitro groups is 1. The third kappa shape index (κ3) is 5.27. The van der Waals surface area contributed by atoms with Crippen LogP contribution in [0.5, 0.6) is 5.75 Å². The lowest BCUT2D eigenvalue weighted by Crippen LogP contribution is -2.30. The number of rotatable bonds is 7. The summed E-state index contributed by atoms with van der Waals surface area (Å²) in [7, 11) is 1.60. The largest absolute Gasteiger partial charge is 0.496 e. The van der Waals surface area contributed by atoms with E-state index >= 15 is 0 Å². The molecular weight excluding hydrogens is 390 g/mol. The summed E-state index contributed by atoms with van der Waals surface area (Å²) in [5.74, 6) is 0.458. The summed E-state index contributed by atoms with van der Waals surface area (Å²) in [5, 5.41) is 16.5. The van der Waals surface area contributed by atoms with E-state index in [0.717, 1.165) is 15.8 Å². The summed E-state index contributed by atoms with van der Waals surface area (Å²) < 4.78 is 6.03. The van der Waals surface area contributed by atoms with Crippen LogP contribution < -0.4 is 15.4 Å². The molecule has 0 bridgehead atoms. The Morgan fingerprint density at radius 1 is 1.32 bits per heavy atom. The number of halogens is 1. The average molecular weight is 408 g/mol. The second kappa shape index (κ2) is 8.59. The van der Waals surface area contributed by atoms with E-state index < -0.39 is 4.92 Å². The molecule has 7 nitrogen and oxygen atoms in total. The van der Waals surface area contributed by atoms with Gasteiger partial charge in [0.1, 0.15) is 5.75 Å². The molecule has 0 heterocycles. The highest BCUT2D eigenvalue weighted by molar-refractivity contribution is 9.10. The maximum atomic E-state index is 12.0. The molecule has 2 aromatic rings. The zero-order chi connectivity index (χ0) is 18.4. The maximum absolute atomic E-state index is 12.0. The molecule has 2 rings (SSSR count). The van der Waals surface area contributed by atoms with Gasteiger partial charge in [0.25, 0.3) is 5.69 Å². The molecule has 8 heteroatoms. The van der Waals surface area contributed by atoms with E-state index in [1.165, 1.54) is 18.2 Å². The topological polar surface area (TPSA) is 93.5 Å². The first-order valence-electron chi connectivity index (χ1n) is 7.52. The molecule has 25 heavy (non-hydrogen) atoms. The molecule has 0 saturated heterocycles. The number of hydrogen-bond acceptors (Lipinski definition) is 5. The van der Waals surface area contributed by atoms with Crippen LogP contribution in [0.2, 0.25) is 0 Å². The van der Waals surface area contributed by atoms with Crippen molar-refractivity contribution in [1.29, 1.82) is 0 Å². The number of nitro benzene ring substituents is 1. The van der Waals surface area contributed by atoms with E-state index in [-0.39, 0.29) is 24.2 Å². The second-order valence-electron chi connectivity index (χ2n) is 5.35. The highest BCUT2D eigenvalue weighted by atomic mass is 79.9.